The third-order valence-electron chi connectivity index (χ3n) is 3.29. The lowest BCUT2D eigenvalue weighted by Gasteiger charge is -2.18. The van der Waals surface area contributed by atoms with Crippen LogP contribution in [-0.4, -0.2) is 45.9 Å². The van der Waals surface area contributed by atoms with E-state index >= 15 is 0 Å². The highest BCUT2D eigenvalue weighted by molar-refractivity contribution is 5.12. The zero-order chi connectivity index (χ0) is 11.9. The number of hydrogen-bond acceptors (Lipinski definition) is 3. The quantitative estimate of drug-likeness (QED) is 0.693. The van der Waals surface area contributed by atoms with Gasteiger partial charge in [0, 0.05) is 18.1 Å². The highest BCUT2D eigenvalue weighted by atomic mass is 16.3. The Balaban J connectivity index is 2.48. The third kappa shape index (κ3) is 3.16. The lowest BCUT2D eigenvalue weighted by atomic mass is 9.88. The minimum atomic E-state index is -0.603. The molecule has 1 heterocycles. The predicted octanol–water partition coefficient (Wildman–Crippen LogP) is 1.24. The maximum atomic E-state index is 9.42. The first-order chi connectivity index (χ1) is 6.68. The van der Waals surface area contributed by atoms with E-state index in [2.05, 4.69) is 39.5 Å². The van der Waals surface area contributed by atoms with Crippen LogP contribution in [0.2, 0.25) is 0 Å². The van der Waals surface area contributed by atoms with Gasteiger partial charge < -0.3 is 10.2 Å². The molecular formula is C12H25NO2. The van der Waals surface area contributed by atoms with Crippen LogP contribution in [-0.2, 0) is 0 Å². The van der Waals surface area contributed by atoms with E-state index in [1.165, 1.54) is 0 Å². The van der Waals surface area contributed by atoms with Crippen LogP contribution in [0.5, 0.6) is 0 Å². The molecule has 0 radical (unpaired) electrons. The van der Waals surface area contributed by atoms with Gasteiger partial charge in [0.25, 0.3) is 0 Å². The van der Waals surface area contributed by atoms with Crippen molar-refractivity contribution in [2.24, 2.45) is 5.41 Å². The van der Waals surface area contributed by atoms with E-state index in [0.29, 0.717) is 18.0 Å². The highest BCUT2D eigenvalue weighted by Crippen LogP contribution is 2.46. The van der Waals surface area contributed by atoms with Crippen molar-refractivity contribution in [3.8, 4) is 0 Å². The van der Waals surface area contributed by atoms with Crippen LogP contribution < -0.4 is 0 Å². The molecule has 0 saturated carbocycles. The van der Waals surface area contributed by atoms with Gasteiger partial charge in [0.05, 0.1) is 12.7 Å². The van der Waals surface area contributed by atoms with Gasteiger partial charge in [-0.15, -0.1) is 0 Å². The van der Waals surface area contributed by atoms with Crippen molar-refractivity contribution < 1.29 is 10.2 Å². The molecule has 0 spiro atoms. The number of rotatable bonds is 4. The van der Waals surface area contributed by atoms with Crippen LogP contribution in [0.4, 0.5) is 0 Å². The number of hydrogen-bond donors (Lipinski definition) is 2. The van der Waals surface area contributed by atoms with E-state index in [9.17, 15) is 5.11 Å². The second-order valence-corrected chi connectivity index (χ2v) is 6.42. The Bertz CT molecular complexity index is 220. The molecule has 3 nitrogen and oxygen atoms in total. The summed E-state index contributed by atoms with van der Waals surface area (Å²) in [5.41, 5.74) is 0.504. The van der Waals surface area contributed by atoms with Crippen LogP contribution in [0.3, 0.4) is 0 Å². The van der Waals surface area contributed by atoms with Gasteiger partial charge in [-0.1, -0.05) is 20.8 Å². The Morgan fingerprint density at radius 1 is 1.33 bits per heavy atom. The molecule has 0 bridgehead atoms. The van der Waals surface area contributed by atoms with E-state index in [-0.39, 0.29) is 12.1 Å². The number of nitrogens with zero attached hydrogens (tertiary/aromatic N) is 1. The summed E-state index contributed by atoms with van der Waals surface area (Å²) in [4.78, 5) is 2.28. The molecule has 2 N–H and O–H groups in total. The summed E-state index contributed by atoms with van der Waals surface area (Å²) in [5.74, 6) is 0. The van der Waals surface area contributed by atoms with Crippen LogP contribution >= 0.6 is 0 Å². The second kappa shape index (κ2) is 4.04. The fraction of sp³-hybridized carbons (Fsp3) is 1.00. The normalized spacial score (nSPS) is 31.4. The first-order valence-corrected chi connectivity index (χ1v) is 5.74. The smallest absolute Gasteiger partial charge is 0.0897 e. The molecule has 3 atom stereocenters. The van der Waals surface area contributed by atoms with E-state index in [1.807, 2.05) is 0 Å². The largest absolute Gasteiger partial charge is 0.394 e. The molecule has 1 fully saturated rings. The Morgan fingerprint density at radius 2 is 1.87 bits per heavy atom. The average molecular weight is 215 g/mol. The lowest BCUT2D eigenvalue weighted by Crippen LogP contribution is -2.26. The Labute approximate surface area is 93.1 Å². The monoisotopic (exact) mass is 215 g/mol. The van der Waals surface area contributed by atoms with Gasteiger partial charge >= 0.3 is 0 Å². The van der Waals surface area contributed by atoms with E-state index in [1.54, 1.807) is 0 Å². The van der Waals surface area contributed by atoms with Crippen molar-refractivity contribution >= 4 is 0 Å². The maximum Gasteiger partial charge on any atom is 0.0897 e. The number of aliphatic hydroxyl groups excluding tert-OH is 2. The number of β-amino-alcohol motifs (C(OH)–C–C–N with tert-alkyl or cyclic N) is 1. The topological polar surface area (TPSA) is 43.5 Å². The van der Waals surface area contributed by atoms with Gasteiger partial charge in [-0.2, -0.15) is 0 Å². The first kappa shape index (κ1) is 12.9. The van der Waals surface area contributed by atoms with Crippen molar-refractivity contribution in [3.63, 3.8) is 0 Å². The standard InChI is InChI=1S/C12H25NO2/c1-11(2,3)6-10-12(4,5)13(10)7-9(15)8-14/h9-10,14-15H,6-8H2,1-5H3. The molecule has 15 heavy (non-hydrogen) atoms. The minimum Gasteiger partial charge on any atom is -0.394 e. The SMILES string of the molecule is CC(C)(C)CC1N(CC(O)CO)C1(C)C. The van der Waals surface area contributed by atoms with Crippen LogP contribution in [0.1, 0.15) is 41.0 Å². The number of aliphatic hydroxyl groups is 2. The summed E-state index contributed by atoms with van der Waals surface area (Å²) in [6.07, 6.45) is 0.534. The van der Waals surface area contributed by atoms with Crippen LogP contribution in [0, 0.1) is 5.41 Å². The maximum absolute atomic E-state index is 9.42. The summed E-state index contributed by atoms with van der Waals surface area (Å²) in [6, 6.07) is 0.540. The van der Waals surface area contributed by atoms with Crippen molar-refractivity contribution in [2.45, 2.75) is 58.7 Å². The van der Waals surface area contributed by atoms with Crippen molar-refractivity contribution in [2.75, 3.05) is 13.2 Å². The zero-order valence-corrected chi connectivity index (χ0v) is 10.6. The van der Waals surface area contributed by atoms with E-state index in [4.69, 9.17) is 5.11 Å². The minimum absolute atomic E-state index is 0.144. The molecule has 3 heteroatoms. The first-order valence-electron chi connectivity index (χ1n) is 5.74. The third-order valence-corrected chi connectivity index (χ3v) is 3.29. The molecule has 1 saturated heterocycles. The van der Waals surface area contributed by atoms with Gasteiger partial charge in [-0.3, -0.25) is 4.90 Å². The average Bonchev–Trinajstić information content (AvgIpc) is 2.53. The summed E-state index contributed by atoms with van der Waals surface area (Å²) < 4.78 is 0. The van der Waals surface area contributed by atoms with Crippen molar-refractivity contribution in [1.82, 2.24) is 4.90 Å². The molecule has 0 amide bonds. The second-order valence-electron chi connectivity index (χ2n) is 6.42. The molecular weight excluding hydrogens is 190 g/mol. The van der Waals surface area contributed by atoms with Crippen LogP contribution in [0.25, 0.3) is 0 Å². The fourth-order valence-corrected chi connectivity index (χ4v) is 2.24. The predicted molar refractivity (Wildman–Crippen MR) is 61.7 cm³/mol. The summed E-state index contributed by atoms with van der Waals surface area (Å²) in [5, 5.41) is 18.2. The fourth-order valence-electron chi connectivity index (χ4n) is 2.24. The van der Waals surface area contributed by atoms with Crippen molar-refractivity contribution in [1.29, 1.82) is 0 Å². The van der Waals surface area contributed by atoms with Gasteiger partial charge in [0.1, 0.15) is 0 Å². The van der Waals surface area contributed by atoms with Gasteiger partial charge in [-0.05, 0) is 25.7 Å². The molecule has 0 aliphatic carbocycles. The lowest BCUT2D eigenvalue weighted by molar-refractivity contribution is 0.0764. The highest BCUT2D eigenvalue weighted by Gasteiger charge is 2.55. The van der Waals surface area contributed by atoms with Gasteiger partial charge in [0.15, 0.2) is 0 Å². The molecule has 90 valence electrons. The molecule has 0 aromatic carbocycles. The van der Waals surface area contributed by atoms with Crippen molar-refractivity contribution in [3.05, 3.63) is 0 Å². The van der Waals surface area contributed by atoms with Gasteiger partial charge in [-0.25, -0.2) is 0 Å². The van der Waals surface area contributed by atoms with Crippen LogP contribution in [0.15, 0.2) is 0 Å². The Kier molecular flexibility index (Phi) is 3.49. The summed E-state index contributed by atoms with van der Waals surface area (Å²) >= 11 is 0. The molecule has 0 aromatic rings. The van der Waals surface area contributed by atoms with Gasteiger partial charge in [0.2, 0.25) is 0 Å². The molecule has 1 aliphatic heterocycles. The zero-order valence-electron chi connectivity index (χ0n) is 10.6. The summed E-state index contributed by atoms with van der Waals surface area (Å²) in [6.45, 7) is 11.6. The molecule has 3 unspecified atom stereocenters. The van der Waals surface area contributed by atoms with E-state index < -0.39 is 6.10 Å². The summed E-state index contributed by atoms with van der Waals surface area (Å²) in [7, 11) is 0. The Morgan fingerprint density at radius 3 is 2.27 bits per heavy atom. The molecule has 1 aliphatic rings. The molecule has 0 aromatic heterocycles. The Hall–Kier alpha value is -0.120. The molecule has 1 rings (SSSR count). The van der Waals surface area contributed by atoms with E-state index in [0.717, 1.165) is 6.42 Å².